The van der Waals surface area contributed by atoms with Crippen molar-refractivity contribution in [2.75, 3.05) is 0 Å². The molecular weight excluding hydrogens is 442 g/mol. The molecule has 0 aliphatic carbocycles. The van der Waals surface area contributed by atoms with Crippen LogP contribution in [0.3, 0.4) is 0 Å². The van der Waals surface area contributed by atoms with E-state index in [1.807, 2.05) is 60.7 Å². The molecule has 1 aromatic heterocycles. The Balaban J connectivity index is 1.48. The Bertz CT molecular complexity index is 1540. The van der Waals surface area contributed by atoms with Crippen LogP contribution in [0.2, 0.25) is 0 Å². The average molecular weight is 461 g/mol. The van der Waals surface area contributed by atoms with Crippen molar-refractivity contribution in [1.29, 1.82) is 0 Å². The Morgan fingerprint density at radius 1 is 0.743 bits per heavy atom. The Hall–Kier alpha value is -4.91. The second kappa shape index (κ2) is 9.52. The lowest BCUT2D eigenvalue weighted by Gasteiger charge is -2.11. The molecule has 5 aromatic rings. The molecule has 0 aliphatic rings. The summed E-state index contributed by atoms with van der Waals surface area (Å²) in [6, 6.07) is 30.6. The molecule has 0 unspecified atom stereocenters. The van der Waals surface area contributed by atoms with Crippen LogP contribution in [0.5, 0.6) is 0 Å². The van der Waals surface area contributed by atoms with E-state index in [1.54, 1.807) is 30.3 Å². The highest BCUT2D eigenvalue weighted by molar-refractivity contribution is 5.95. The molecule has 0 aliphatic heterocycles. The number of nitro groups is 1. The highest BCUT2D eigenvalue weighted by Crippen LogP contribution is 2.31. The molecule has 7 nitrogen and oxygen atoms in total. The van der Waals surface area contributed by atoms with Crippen molar-refractivity contribution in [3.8, 4) is 22.5 Å². The van der Waals surface area contributed by atoms with E-state index >= 15 is 0 Å². The minimum atomic E-state index is -0.548. The lowest BCUT2D eigenvalue weighted by atomic mass is 10.0. The van der Waals surface area contributed by atoms with Gasteiger partial charge in [-0.3, -0.25) is 10.1 Å². The summed E-state index contributed by atoms with van der Waals surface area (Å²) in [4.78, 5) is 32.9. The third-order valence-corrected chi connectivity index (χ3v) is 5.49. The monoisotopic (exact) mass is 461 g/mol. The molecule has 5 rings (SSSR count). The molecule has 4 aromatic carbocycles. The SMILES string of the molecule is O=C(OCc1cccc([N+](=O)[O-])c1)c1ccc2nc(-c3ccccc3)c(-c3ccccc3)nc2c1. The zero-order chi connectivity index (χ0) is 24.2. The molecular formula is C28H19N3O4. The number of nitro benzene ring substituents is 1. The lowest BCUT2D eigenvalue weighted by molar-refractivity contribution is -0.384. The molecule has 0 bridgehead atoms. The zero-order valence-corrected chi connectivity index (χ0v) is 18.5. The van der Waals surface area contributed by atoms with Crippen molar-refractivity contribution < 1.29 is 14.5 Å². The number of carbonyl (C=O) groups is 1. The van der Waals surface area contributed by atoms with Crippen LogP contribution < -0.4 is 0 Å². The predicted molar refractivity (Wildman–Crippen MR) is 133 cm³/mol. The molecule has 0 radical (unpaired) electrons. The van der Waals surface area contributed by atoms with E-state index in [9.17, 15) is 14.9 Å². The van der Waals surface area contributed by atoms with Gasteiger partial charge in [-0.25, -0.2) is 14.8 Å². The molecule has 35 heavy (non-hydrogen) atoms. The minimum absolute atomic E-state index is 0.0535. The van der Waals surface area contributed by atoms with Gasteiger partial charge < -0.3 is 4.74 Å². The fourth-order valence-corrected chi connectivity index (χ4v) is 3.77. The van der Waals surface area contributed by atoms with Crippen LogP contribution in [0.4, 0.5) is 5.69 Å². The van der Waals surface area contributed by atoms with Crippen molar-refractivity contribution in [3.63, 3.8) is 0 Å². The number of nitrogens with zero attached hydrogens (tertiary/aromatic N) is 3. The summed E-state index contributed by atoms with van der Waals surface area (Å²) in [5.74, 6) is -0.548. The van der Waals surface area contributed by atoms with Gasteiger partial charge in [-0.1, -0.05) is 72.8 Å². The Morgan fingerprint density at radius 3 is 2.00 bits per heavy atom. The first-order chi connectivity index (χ1) is 17.1. The van der Waals surface area contributed by atoms with Crippen LogP contribution in [0.15, 0.2) is 103 Å². The number of ether oxygens (including phenoxy) is 1. The lowest BCUT2D eigenvalue weighted by Crippen LogP contribution is -2.06. The first kappa shape index (κ1) is 21.9. The fraction of sp³-hybridized carbons (Fsp3) is 0.0357. The predicted octanol–water partition coefficient (Wildman–Crippen LogP) is 6.23. The molecule has 0 spiro atoms. The number of hydrogen-bond donors (Lipinski definition) is 0. The van der Waals surface area contributed by atoms with E-state index in [2.05, 4.69) is 0 Å². The zero-order valence-electron chi connectivity index (χ0n) is 18.5. The number of carbonyl (C=O) groups excluding carboxylic acids is 1. The largest absolute Gasteiger partial charge is 0.457 e. The topological polar surface area (TPSA) is 95.2 Å². The van der Waals surface area contributed by atoms with E-state index < -0.39 is 10.9 Å². The maximum absolute atomic E-state index is 12.7. The molecule has 7 heteroatoms. The number of benzene rings is 4. The summed E-state index contributed by atoms with van der Waals surface area (Å²) in [6.45, 7) is -0.0769. The minimum Gasteiger partial charge on any atom is -0.457 e. The van der Waals surface area contributed by atoms with Gasteiger partial charge in [-0.2, -0.15) is 0 Å². The van der Waals surface area contributed by atoms with E-state index in [1.165, 1.54) is 12.1 Å². The van der Waals surface area contributed by atoms with Crippen LogP contribution in [-0.4, -0.2) is 20.9 Å². The number of hydrogen-bond acceptors (Lipinski definition) is 6. The molecule has 0 amide bonds. The number of non-ortho nitro benzene ring substituents is 1. The molecule has 0 atom stereocenters. The van der Waals surface area contributed by atoms with Gasteiger partial charge >= 0.3 is 5.97 Å². The smallest absolute Gasteiger partial charge is 0.338 e. The molecule has 0 fully saturated rings. The Morgan fingerprint density at radius 2 is 1.37 bits per heavy atom. The van der Waals surface area contributed by atoms with Crippen LogP contribution in [0.1, 0.15) is 15.9 Å². The quantitative estimate of drug-likeness (QED) is 0.169. The van der Waals surface area contributed by atoms with E-state index in [0.717, 1.165) is 16.8 Å². The van der Waals surface area contributed by atoms with Gasteiger partial charge in [0.25, 0.3) is 5.69 Å². The Kier molecular flexibility index (Phi) is 5.96. The third kappa shape index (κ3) is 4.74. The second-order valence-electron chi connectivity index (χ2n) is 7.86. The average Bonchev–Trinajstić information content (AvgIpc) is 2.91. The highest BCUT2D eigenvalue weighted by Gasteiger charge is 2.16. The third-order valence-electron chi connectivity index (χ3n) is 5.49. The summed E-state index contributed by atoms with van der Waals surface area (Å²) in [7, 11) is 0. The molecule has 0 saturated heterocycles. The van der Waals surface area contributed by atoms with Crippen LogP contribution in [-0.2, 0) is 11.3 Å². The summed E-state index contributed by atoms with van der Waals surface area (Å²) >= 11 is 0. The molecule has 0 N–H and O–H groups in total. The van der Waals surface area contributed by atoms with Crippen LogP contribution in [0.25, 0.3) is 33.5 Å². The normalized spacial score (nSPS) is 10.7. The van der Waals surface area contributed by atoms with Crippen LogP contribution >= 0.6 is 0 Å². The van der Waals surface area contributed by atoms with Gasteiger partial charge in [0.05, 0.1) is 32.9 Å². The summed E-state index contributed by atoms with van der Waals surface area (Å²) in [5, 5.41) is 11.0. The molecule has 1 heterocycles. The fourth-order valence-electron chi connectivity index (χ4n) is 3.77. The number of esters is 1. The van der Waals surface area contributed by atoms with Crippen molar-refractivity contribution in [2.24, 2.45) is 0 Å². The van der Waals surface area contributed by atoms with Gasteiger partial charge in [-0.15, -0.1) is 0 Å². The van der Waals surface area contributed by atoms with Gasteiger partial charge in [0, 0.05) is 23.3 Å². The number of fused-ring (bicyclic) bond motifs is 1. The van der Waals surface area contributed by atoms with E-state index in [0.29, 0.717) is 27.9 Å². The first-order valence-corrected chi connectivity index (χ1v) is 10.9. The maximum Gasteiger partial charge on any atom is 0.338 e. The summed E-state index contributed by atoms with van der Waals surface area (Å²) in [5.41, 5.74) is 5.35. The van der Waals surface area contributed by atoms with Crippen molar-refractivity contribution in [1.82, 2.24) is 9.97 Å². The van der Waals surface area contributed by atoms with Crippen molar-refractivity contribution >= 4 is 22.7 Å². The maximum atomic E-state index is 12.7. The standard InChI is InChI=1S/C28H19N3O4/c32-28(35-18-19-8-7-13-23(16-19)31(33)34)22-14-15-24-25(17-22)30-27(21-11-5-2-6-12-21)26(29-24)20-9-3-1-4-10-20/h1-17H,18H2. The van der Waals surface area contributed by atoms with Gasteiger partial charge in [0.2, 0.25) is 0 Å². The van der Waals surface area contributed by atoms with E-state index in [-0.39, 0.29) is 12.3 Å². The number of rotatable bonds is 6. The summed E-state index contributed by atoms with van der Waals surface area (Å²) < 4.78 is 5.40. The van der Waals surface area contributed by atoms with Crippen LogP contribution in [0, 0.1) is 10.1 Å². The second-order valence-corrected chi connectivity index (χ2v) is 7.86. The molecule has 0 saturated carbocycles. The van der Waals surface area contributed by atoms with E-state index in [4.69, 9.17) is 14.7 Å². The summed E-state index contributed by atoms with van der Waals surface area (Å²) in [6.07, 6.45) is 0. The van der Waals surface area contributed by atoms with Gasteiger partial charge in [-0.05, 0) is 23.8 Å². The molecule has 170 valence electrons. The number of aromatic nitrogens is 2. The van der Waals surface area contributed by atoms with Crippen molar-refractivity contribution in [3.05, 3.63) is 124 Å². The highest BCUT2D eigenvalue weighted by atomic mass is 16.6. The van der Waals surface area contributed by atoms with Crippen molar-refractivity contribution in [2.45, 2.75) is 6.61 Å². The van der Waals surface area contributed by atoms with Gasteiger partial charge in [0.1, 0.15) is 6.61 Å². The first-order valence-electron chi connectivity index (χ1n) is 10.9. The van der Waals surface area contributed by atoms with Gasteiger partial charge in [0.15, 0.2) is 0 Å². The Labute approximate surface area is 200 Å².